The van der Waals surface area contributed by atoms with Crippen molar-refractivity contribution < 1.29 is 4.74 Å². The predicted octanol–water partition coefficient (Wildman–Crippen LogP) is 2.48. The minimum absolute atomic E-state index is 0.763. The second-order valence-electron chi connectivity index (χ2n) is 5.05. The van der Waals surface area contributed by atoms with Crippen LogP contribution in [-0.2, 0) is 4.74 Å². The topological polar surface area (TPSA) is 9.23 Å². The van der Waals surface area contributed by atoms with Crippen LogP contribution in [0, 0.1) is 17.3 Å². The predicted molar refractivity (Wildman–Crippen MR) is 45.5 cm³/mol. The van der Waals surface area contributed by atoms with E-state index in [9.17, 15) is 0 Å². The zero-order valence-electron chi connectivity index (χ0n) is 7.31. The summed E-state index contributed by atoms with van der Waals surface area (Å²) >= 11 is 0. The average molecular weight is 162 g/mol. The molecular formula is C11H14O. The molecule has 4 aliphatic rings. The summed E-state index contributed by atoms with van der Waals surface area (Å²) in [4.78, 5) is 0. The Balaban J connectivity index is 1.66. The second-order valence-corrected chi connectivity index (χ2v) is 5.05. The quantitative estimate of drug-likeness (QED) is 0.531. The molecule has 1 heteroatoms. The van der Waals surface area contributed by atoms with Crippen LogP contribution in [0.3, 0.4) is 0 Å². The Morgan fingerprint density at radius 1 is 1.17 bits per heavy atom. The third kappa shape index (κ3) is 0.468. The molecule has 0 aromatic carbocycles. The molecule has 2 fully saturated rings. The van der Waals surface area contributed by atoms with Gasteiger partial charge in [-0.3, -0.25) is 0 Å². The monoisotopic (exact) mass is 162 g/mol. The highest BCUT2D eigenvalue weighted by atomic mass is 16.5. The summed E-state index contributed by atoms with van der Waals surface area (Å²) in [5, 5.41) is 0. The molecule has 0 saturated heterocycles. The van der Waals surface area contributed by atoms with Gasteiger partial charge in [0.25, 0.3) is 0 Å². The molecule has 2 atom stereocenters. The summed E-state index contributed by atoms with van der Waals surface area (Å²) < 4.78 is 5.48. The smallest absolute Gasteiger partial charge is 0.112 e. The minimum Gasteiger partial charge on any atom is -0.493 e. The first-order chi connectivity index (χ1) is 5.90. The fraction of sp³-hybridized carbons (Fsp3) is 0.818. The van der Waals surface area contributed by atoms with Crippen molar-refractivity contribution in [2.45, 2.75) is 32.1 Å². The summed E-state index contributed by atoms with van der Waals surface area (Å²) in [5.74, 6) is 3.60. The third-order valence-corrected chi connectivity index (χ3v) is 4.73. The maximum atomic E-state index is 5.48. The zero-order chi connectivity index (χ0) is 7.76. The number of hydrogen-bond acceptors (Lipinski definition) is 1. The van der Waals surface area contributed by atoms with Crippen LogP contribution >= 0.6 is 0 Å². The fourth-order valence-electron chi connectivity index (χ4n) is 4.09. The molecule has 0 radical (unpaired) electrons. The summed E-state index contributed by atoms with van der Waals surface area (Å²) in [6.45, 7) is 0.969. The normalized spacial score (nSPS) is 53.3. The van der Waals surface area contributed by atoms with Crippen LogP contribution in [-0.4, -0.2) is 6.61 Å². The summed E-state index contributed by atoms with van der Waals surface area (Å²) in [6, 6.07) is 0. The van der Waals surface area contributed by atoms with Gasteiger partial charge in [0, 0.05) is 12.0 Å². The lowest BCUT2D eigenvalue weighted by atomic mass is 9.92. The van der Waals surface area contributed by atoms with Crippen molar-refractivity contribution in [3.63, 3.8) is 0 Å². The van der Waals surface area contributed by atoms with Crippen LogP contribution in [0.4, 0.5) is 0 Å². The molecule has 2 saturated carbocycles. The van der Waals surface area contributed by atoms with Crippen LogP contribution in [0.25, 0.3) is 0 Å². The first-order valence-corrected chi connectivity index (χ1v) is 5.24. The molecule has 1 spiro atoms. The lowest BCUT2D eigenvalue weighted by molar-refractivity contribution is 0.177. The van der Waals surface area contributed by atoms with Crippen molar-refractivity contribution in [2.75, 3.05) is 6.61 Å². The number of allylic oxidation sites excluding steroid dienone is 1. The zero-order valence-corrected chi connectivity index (χ0v) is 7.31. The molecule has 2 unspecified atom stereocenters. The van der Waals surface area contributed by atoms with Gasteiger partial charge >= 0.3 is 0 Å². The number of rotatable bonds is 0. The van der Waals surface area contributed by atoms with E-state index in [1.807, 2.05) is 0 Å². The van der Waals surface area contributed by atoms with Crippen molar-refractivity contribution in [2.24, 2.45) is 17.3 Å². The molecule has 0 aromatic heterocycles. The molecule has 1 aliphatic heterocycles. The van der Waals surface area contributed by atoms with E-state index in [2.05, 4.69) is 0 Å². The van der Waals surface area contributed by atoms with Crippen molar-refractivity contribution in [1.82, 2.24) is 0 Å². The van der Waals surface area contributed by atoms with Gasteiger partial charge in [-0.05, 0) is 36.5 Å². The largest absolute Gasteiger partial charge is 0.493 e. The summed E-state index contributed by atoms with van der Waals surface area (Å²) in [5.41, 5.74) is 2.43. The number of hydrogen-bond donors (Lipinski definition) is 0. The SMILES string of the molecule is C1CC2C(C1)C21CC2=C(C1)OC2. The van der Waals surface area contributed by atoms with Crippen molar-refractivity contribution in [3.8, 4) is 0 Å². The van der Waals surface area contributed by atoms with E-state index in [-0.39, 0.29) is 0 Å². The molecule has 0 N–H and O–H groups in total. The lowest BCUT2D eigenvalue weighted by Gasteiger charge is -2.17. The van der Waals surface area contributed by atoms with Gasteiger partial charge < -0.3 is 4.74 Å². The number of ether oxygens (including phenoxy) is 1. The van der Waals surface area contributed by atoms with Gasteiger partial charge in [-0.15, -0.1) is 0 Å². The van der Waals surface area contributed by atoms with Crippen LogP contribution in [0.15, 0.2) is 11.3 Å². The van der Waals surface area contributed by atoms with E-state index in [1.165, 1.54) is 37.9 Å². The summed E-state index contributed by atoms with van der Waals surface area (Å²) in [6.07, 6.45) is 7.27. The third-order valence-electron chi connectivity index (χ3n) is 4.73. The minimum atomic E-state index is 0.763. The maximum absolute atomic E-state index is 5.48. The average Bonchev–Trinajstić information content (AvgIpc) is 2.49. The maximum Gasteiger partial charge on any atom is 0.112 e. The summed E-state index contributed by atoms with van der Waals surface area (Å²) in [7, 11) is 0. The molecule has 1 heterocycles. The Kier molecular flexibility index (Phi) is 0.805. The molecule has 1 nitrogen and oxygen atoms in total. The van der Waals surface area contributed by atoms with Crippen LogP contribution in [0.5, 0.6) is 0 Å². The molecule has 3 aliphatic carbocycles. The van der Waals surface area contributed by atoms with E-state index in [1.54, 1.807) is 5.57 Å². The van der Waals surface area contributed by atoms with Crippen molar-refractivity contribution >= 4 is 0 Å². The lowest BCUT2D eigenvalue weighted by Crippen LogP contribution is -2.07. The Bertz CT molecular complexity index is 261. The molecule has 0 amide bonds. The van der Waals surface area contributed by atoms with Crippen LogP contribution < -0.4 is 0 Å². The number of fused-ring (bicyclic) bond motifs is 3. The van der Waals surface area contributed by atoms with Gasteiger partial charge in [0.2, 0.25) is 0 Å². The Morgan fingerprint density at radius 3 is 2.50 bits per heavy atom. The van der Waals surface area contributed by atoms with Gasteiger partial charge in [-0.2, -0.15) is 0 Å². The fourth-order valence-corrected chi connectivity index (χ4v) is 4.09. The standard InChI is InChI=1S/C11H14O/c1-2-8-9(3-1)11(8)4-7-6-12-10(7)5-11/h8-9H,1-6H2. The second kappa shape index (κ2) is 1.59. The van der Waals surface area contributed by atoms with E-state index in [4.69, 9.17) is 4.74 Å². The Hall–Kier alpha value is -0.460. The highest BCUT2D eigenvalue weighted by Crippen LogP contribution is 2.75. The molecule has 0 aromatic rings. The van der Waals surface area contributed by atoms with E-state index in [0.717, 1.165) is 23.9 Å². The highest BCUT2D eigenvalue weighted by Gasteiger charge is 2.68. The Morgan fingerprint density at radius 2 is 2.00 bits per heavy atom. The van der Waals surface area contributed by atoms with E-state index >= 15 is 0 Å². The van der Waals surface area contributed by atoms with Gasteiger partial charge in [0.05, 0.1) is 5.76 Å². The van der Waals surface area contributed by atoms with Gasteiger partial charge in [-0.1, -0.05) is 6.42 Å². The van der Waals surface area contributed by atoms with Gasteiger partial charge in [0.1, 0.15) is 6.61 Å². The van der Waals surface area contributed by atoms with Crippen LogP contribution in [0.2, 0.25) is 0 Å². The first kappa shape index (κ1) is 6.06. The molecular weight excluding hydrogens is 148 g/mol. The Labute approximate surface area is 72.8 Å². The molecule has 64 valence electrons. The highest BCUT2D eigenvalue weighted by molar-refractivity contribution is 5.34. The first-order valence-electron chi connectivity index (χ1n) is 5.24. The van der Waals surface area contributed by atoms with Crippen molar-refractivity contribution in [1.29, 1.82) is 0 Å². The molecule has 0 bridgehead atoms. The molecule has 12 heavy (non-hydrogen) atoms. The molecule has 4 rings (SSSR count). The van der Waals surface area contributed by atoms with E-state index < -0.39 is 0 Å². The van der Waals surface area contributed by atoms with E-state index in [0.29, 0.717) is 0 Å². The van der Waals surface area contributed by atoms with Crippen molar-refractivity contribution in [3.05, 3.63) is 11.3 Å². The van der Waals surface area contributed by atoms with Gasteiger partial charge in [0.15, 0.2) is 0 Å². The van der Waals surface area contributed by atoms with Crippen LogP contribution in [0.1, 0.15) is 32.1 Å². The van der Waals surface area contributed by atoms with Gasteiger partial charge in [-0.25, -0.2) is 0 Å².